The molecule has 0 bridgehead atoms. The van der Waals surface area contributed by atoms with Gasteiger partial charge in [0.05, 0.1) is 12.2 Å². The number of piperidine rings is 1. The Hall–Kier alpha value is -2.52. The highest BCUT2D eigenvalue weighted by Crippen LogP contribution is 2.19. The zero-order valence-corrected chi connectivity index (χ0v) is 18.8. The second-order valence-corrected chi connectivity index (χ2v) is 8.30. The van der Waals surface area contributed by atoms with Gasteiger partial charge in [-0.05, 0) is 45.6 Å². The van der Waals surface area contributed by atoms with Crippen LogP contribution in [0, 0.1) is 11.6 Å². The van der Waals surface area contributed by atoms with Crippen LogP contribution in [0.5, 0.6) is 0 Å². The van der Waals surface area contributed by atoms with Gasteiger partial charge in [0.25, 0.3) is 0 Å². The molecular weight excluding hydrogens is 400 g/mol. The quantitative estimate of drug-likeness (QED) is 0.518. The lowest BCUT2D eigenvalue weighted by atomic mass is 10.0. The molecule has 2 unspecified atom stereocenters. The Kier molecular flexibility index (Phi) is 7.97. The molecule has 31 heavy (non-hydrogen) atoms. The number of aromatic nitrogens is 2. The lowest BCUT2D eigenvalue weighted by Gasteiger charge is -2.34. The van der Waals surface area contributed by atoms with E-state index >= 15 is 0 Å². The number of halogens is 2. The Balaban J connectivity index is 1.56. The highest BCUT2D eigenvalue weighted by molar-refractivity contribution is 5.80. The molecule has 2 atom stereocenters. The number of rotatable bonds is 7. The van der Waals surface area contributed by atoms with E-state index in [1.165, 1.54) is 18.2 Å². The van der Waals surface area contributed by atoms with Gasteiger partial charge in [0, 0.05) is 57.1 Å². The van der Waals surface area contributed by atoms with Crippen LogP contribution in [0.3, 0.4) is 0 Å². The van der Waals surface area contributed by atoms with E-state index in [1.54, 1.807) is 11.7 Å². The number of aryl methyl sites for hydroxylation is 1. The molecule has 1 fully saturated rings. The molecule has 0 saturated carbocycles. The maximum atomic E-state index is 14.0. The molecule has 0 amide bonds. The number of aliphatic imine (C=N–C) groups is 1. The van der Waals surface area contributed by atoms with Gasteiger partial charge in [0.2, 0.25) is 0 Å². The van der Waals surface area contributed by atoms with Crippen molar-refractivity contribution in [3.8, 4) is 0 Å². The van der Waals surface area contributed by atoms with E-state index in [-0.39, 0.29) is 24.2 Å². The molecule has 3 rings (SSSR count). The standard InChI is InChI=1S/C22H33F2N7/c1-25-22(26-12-21(29(2)3)16-11-27-30(4)13-16)28-17-7-6-10-31(14-17)15-18-19(23)8-5-9-20(18)24/h5,8-9,11,13,17,21H,6-7,10,12,14-15H2,1-4H3,(H2,25,26,28). The summed E-state index contributed by atoms with van der Waals surface area (Å²) in [5.41, 5.74) is 1.27. The summed E-state index contributed by atoms with van der Waals surface area (Å²) in [4.78, 5) is 8.60. The Morgan fingerprint density at radius 1 is 1.32 bits per heavy atom. The number of nitrogens with one attached hydrogen (secondary N) is 2. The number of nitrogens with zero attached hydrogens (tertiary/aromatic N) is 5. The topological polar surface area (TPSA) is 60.7 Å². The number of hydrogen-bond donors (Lipinski definition) is 2. The molecule has 0 aliphatic carbocycles. The molecule has 1 saturated heterocycles. The first kappa shape index (κ1) is 23.1. The third-order valence-electron chi connectivity index (χ3n) is 5.71. The van der Waals surface area contributed by atoms with E-state index in [9.17, 15) is 8.78 Å². The van der Waals surface area contributed by atoms with Gasteiger partial charge in [-0.1, -0.05) is 6.07 Å². The van der Waals surface area contributed by atoms with E-state index in [2.05, 4.69) is 30.5 Å². The van der Waals surface area contributed by atoms with Gasteiger partial charge in [0.15, 0.2) is 5.96 Å². The first-order valence-electron chi connectivity index (χ1n) is 10.6. The van der Waals surface area contributed by atoms with Crippen molar-refractivity contribution in [1.82, 2.24) is 30.2 Å². The van der Waals surface area contributed by atoms with Crippen molar-refractivity contribution >= 4 is 5.96 Å². The van der Waals surface area contributed by atoms with Gasteiger partial charge in [-0.25, -0.2) is 8.78 Å². The average molecular weight is 434 g/mol. The van der Waals surface area contributed by atoms with Crippen molar-refractivity contribution in [2.45, 2.75) is 31.5 Å². The minimum absolute atomic E-state index is 0.135. The maximum absolute atomic E-state index is 14.0. The number of benzene rings is 1. The van der Waals surface area contributed by atoms with Gasteiger partial charge < -0.3 is 15.5 Å². The molecule has 2 heterocycles. The fraction of sp³-hybridized carbons (Fsp3) is 0.545. The van der Waals surface area contributed by atoms with Gasteiger partial charge in [-0.15, -0.1) is 0 Å². The van der Waals surface area contributed by atoms with Crippen molar-refractivity contribution < 1.29 is 8.78 Å². The largest absolute Gasteiger partial charge is 0.354 e. The van der Waals surface area contributed by atoms with Crippen LogP contribution in [0.15, 0.2) is 35.6 Å². The van der Waals surface area contributed by atoms with E-state index in [1.807, 2.05) is 33.5 Å². The molecule has 1 aromatic carbocycles. The summed E-state index contributed by atoms with van der Waals surface area (Å²) >= 11 is 0. The summed E-state index contributed by atoms with van der Waals surface area (Å²) in [5, 5.41) is 11.2. The van der Waals surface area contributed by atoms with Crippen molar-refractivity contribution in [1.29, 1.82) is 0 Å². The minimum atomic E-state index is -0.488. The normalized spacial score (nSPS) is 18.9. The predicted octanol–water partition coefficient (Wildman–Crippen LogP) is 2.13. The molecule has 2 aromatic rings. The second-order valence-electron chi connectivity index (χ2n) is 8.30. The smallest absolute Gasteiger partial charge is 0.191 e. The van der Waals surface area contributed by atoms with Crippen LogP contribution >= 0.6 is 0 Å². The van der Waals surface area contributed by atoms with Crippen molar-refractivity contribution in [2.24, 2.45) is 12.0 Å². The van der Waals surface area contributed by atoms with E-state index in [0.717, 1.165) is 30.9 Å². The minimum Gasteiger partial charge on any atom is -0.354 e. The summed E-state index contributed by atoms with van der Waals surface area (Å²) in [6.45, 7) is 2.47. The molecule has 9 heteroatoms. The lowest BCUT2D eigenvalue weighted by molar-refractivity contribution is 0.188. The van der Waals surface area contributed by atoms with E-state index in [4.69, 9.17) is 0 Å². The highest BCUT2D eigenvalue weighted by atomic mass is 19.1. The molecule has 2 N–H and O–H groups in total. The molecule has 7 nitrogen and oxygen atoms in total. The van der Waals surface area contributed by atoms with Crippen LogP contribution in [0.1, 0.15) is 30.0 Å². The Morgan fingerprint density at radius 3 is 2.68 bits per heavy atom. The first-order chi connectivity index (χ1) is 14.9. The van der Waals surface area contributed by atoms with Gasteiger partial charge >= 0.3 is 0 Å². The Bertz CT molecular complexity index is 860. The number of hydrogen-bond acceptors (Lipinski definition) is 4. The van der Waals surface area contributed by atoms with Gasteiger partial charge in [-0.2, -0.15) is 5.10 Å². The van der Waals surface area contributed by atoms with Crippen LogP contribution in [0.25, 0.3) is 0 Å². The molecular formula is C22H33F2N7. The SMILES string of the molecule is CN=C(NCC(c1cnn(C)c1)N(C)C)NC1CCCN(Cc2c(F)cccc2F)C1. The zero-order chi connectivity index (χ0) is 22.4. The predicted molar refractivity (Wildman–Crippen MR) is 119 cm³/mol. The molecule has 1 aromatic heterocycles. The van der Waals surface area contributed by atoms with Crippen LogP contribution in [0.4, 0.5) is 8.78 Å². The maximum Gasteiger partial charge on any atom is 0.191 e. The molecule has 0 spiro atoms. The summed E-state index contributed by atoms with van der Waals surface area (Å²) in [7, 11) is 7.73. The molecule has 0 radical (unpaired) electrons. The monoisotopic (exact) mass is 433 g/mol. The van der Waals surface area contributed by atoms with Gasteiger partial charge in [0.1, 0.15) is 11.6 Å². The van der Waals surface area contributed by atoms with Crippen molar-refractivity contribution in [3.63, 3.8) is 0 Å². The summed E-state index contributed by atoms with van der Waals surface area (Å²) in [6, 6.07) is 4.34. The molecule has 170 valence electrons. The van der Waals surface area contributed by atoms with Crippen LogP contribution in [-0.2, 0) is 13.6 Å². The van der Waals surface area contributed by atoms with Crippen molar-refractivity contribution in [3.05, 3.63) is 53.4 Å². The summed E-state index contributed by atoms with van der Waals surface area (Å²) < 4.78 is 29.9. The first-order valence-corrected chi connectivity index (χ1v) is 10.6. The highest BCUT2D eigenvalue weighted by Gasteiger charge is 2.23. The number of likely N-dealkylation sites (tertiary alicyclic amines) is 1. The number of guanidine groups is 1. The average Bonchev–Trinajstić information content (AvgIpc) is 3.16. The fourth-order valence-corrected chi connectivity index (χ4v) is 4.02. The summed E-state index contributed by atoms with van der Waals surface area (Å²) in [5.74, 6) is -0.255. The van der Waals surface area contributed by atoms with Crippen LogP contribution < -0.4 is 10.6 Å². The van der Waals surface area contributed by atoms with E-state index < -0.39 is 11.6 Å². The zero-order valence-electron chi connectivity index (χ0n) is 18.8. The molecule has 1 aliphatic heterocycles. The lowest BCUT2D eigenvalue weighted by Crippen LogP contribution is -2.51. The third-order valence-corrected chi connectivity index (χ3v) is 5.71. The summed E-state index contributed by atoms with van der Waals surface area (Å²) in [6.07, 6.45) is 5.84. The van der Waals surface area contributed by atoms with E-state index in [0.29, 0.717) is 13.1 Å². The Labute approximate surface area is 183 Å². The van der Waals surface area contributed by atoms with Gasteiger partial charge in [-0.3, -0.25) is 14.6 Å². The van der Waals surface area contributed by atoms with Crippen LogP contribution in [-0.4, -0.2) is 72.4 Å². The Morgan fingerprint density at radius 2 is 2.06 bits per heavy atom. The second kappa shape index (κ2) is 10.7. The molecule has 1 aliphatic rings. The van der Waals surface area contributed by atoms with Crippen LogP contribution in [0.2, 0.25) is 0 Å². The van der Waals surface area contributed by atoms with Crippen molar-refractivity contribution in [2.75, 3.05) is 40.8 Å². The number of likely N-dealkylation sites (N-methyl/N-ethyl adjacent to an activating group) is 1. The third kappa shape index (κ3) is 6.24. The fourth-order valence-electron chi connectivity index (χ4n) is 4.02.